The van der Waals surface area contributed by atoms with E-state index >= 15 is 0 Å². The number of benzene rings is 2. The maximum Gasteiger partial charge on any atom is 0.425 e. The van der Waals surface area contributed by atoms with Crippen molar-refractivity contribution in [2.45, 2.75) is 6.18 Å². The van der Waals surface area contributed by atoms with E-state index < -0.39 is 17.5 Å². The molecule has 0 radical (unpaired) electrons. The first-order chi connectivity index (χ1) is 8.98. The molecule has 0 aliphatic heterocycles. The second kappa shape index (κ2) is 5.14. The average Bonchev–Trinajstić information content (AvgIpc) is 2.37. The van der Waals surface area contributed by atoms with Crippen LogP contribution >= 0.6 is 0 Å². The van der Waals surface area contributed by atoms with Gasteiger partial charge in [-0.15, -0.1) is 0 Å². The molecular formula is C14H11F3NO+. The fourth-order valence-electron chi connectivity index (χ4n) is 1.57. The third-order valence-electron chi connectivity index (χ3n) is 2.51. The molecule has 0 amide bonds. The molecule has 0 aliphatic rings. The Kier molecular flexibility index (Phi) is 3.55. The summed E-state index contributed by atoms with van der Waals surface area (Å²) in [6, 6.07) is 12.4. The first-order valence-corrected chi connectivity index (χ1v) is 5.49. The fourth-order valence-corrected chi connectivity index (χ4v) is 1.57. The summed E-state index contributed by atoms with van der Waals surface area (Å²) in [5.41, 5.74) is -0.192. The second-order valence-corrected chi connectivity index (χ2v) is 3.86. The number of rotatable bonds is 2. The molecule has 0 saturated heterocycles. The number of nitrogens with zero attached hydrogens (tertiary/aromatic N) is 1. The monoisotopic (exact) mass is 266 g/mol. The predicted molar refractivity (Wildman–Crippen MR) is 68.2 cm³/mol. The molecule has 0 aromatic heterocycles. The van der Waals surface area contributed by atoms with Crippen LogP contribution in [0.1, 0.15) is 11.1 Å². The molecule has 0 spiro atoms. The Balaban J connectivity index is 2.34. The summed E-state index contributed by atoms with van der Waals surface area (Å²) >= 11 is 0. The Morgan fingerprint density at radius 3 is 2.26 bits per heavy atom. The molecule has 0 saturated carbocycles. The van der Waals surface area contributed by atoms with Crippen LogP contribution in [0.5, 0.6) is 5.75 Å². The van der Waals surface area contributed by atoms with E-state index in [4.69, 9.17) is 5.11 Å². The maximum atomic E-state index is 12.6. The Hall–Kier alpha value is -2.30. The van der Waals surface area contributed by atoms with Gasteiger partial charge in [0, 0.05) is 6.21 Å². The minimum Gasteiger partial charge on any atom is -0.592 e. The molecule has 19 heavy (non-hydrogen) atoms. The summed E-state index contributed by atoms with van der Waals surface area (Å²) in [5, 5.41) is 7.56. The van der Waals surface area contributed by atoms with Crippen molar-refractivity contribution < 1.29 is 18.3 Å². The van der Waals surface area contributed by atoms with Gasteiger partial charge in [0.15, 0.2) is 5.56 Å². The van der Waals surface area contributed by atoms with Crippen molar-refractivity contribution in [3.8, 4) is 5.75 Å². The van der Waals surface area contributed by atoms with Gasteiger partial charge in [0.05, 0.1) is 11.3 Å². The van der Waals surface area contributed by atoms with E-state index in [-0.39, 0.29) is 5.56 Å². The highest BCUT2D eigenvalue weighted by molar-refractivity contribution is 5.86. The summed E-state index contributed by atoms with van der Waals surface area (Å²) in [5.74, 6) is -0.560. The van der Waals surface area contributed by atoms with E-state index in [2.05, 4.69) is 4.99 Å². The van der Waals surface area contributed by atoms with Crippen molar-refractivity contribution >= 4 is 11.9 Å². The van der Waals surface area contributed by atoms with E-state index in [1.165, 1.54) is 18.3 Å². The van der Waals surface area contributed by atoms with Gasteiger partial charge in [-0.2, -0.15) is 13.2 Å². The fraction of sp³-hybridized carbons (Fsp3) is 0.0714. The smallest absolute Gasteiger partial charge is 0.425 e. The van der Waals surface area contributed by atoms with Crippen molar-refractivity contribution in [3.63, 3.8) is 0 Å². The molecule has 2 aromatic carbocycles. The predicted octanol–water partition coefficient (Wildman–Crippen LogP) is 3.89. The molecule has 5 heteroatoms. The van der Waals surface area contributed by atoms with Crippen molar-refractivity contribution in [3.05, 3.63) is 59.7 Å². The highest BCUT2D eigenvalue weighted by Gasteiger charge is 2.36. The highest BCUT2D eigenvalue weighted by atomic mass is 19.4. The molecule has 0 bridgehead atoms. The Bertz CT molecular complexity index is 591. The van der Waals surface area contributed by atoms with Crippen LogP contribution in [0.25, 0.3) is 0 Å². The zero-order valence-electron chi connectivity index (χ0n) is 9.78. The van der Waals surface area contributed by atoms with Crippen LogP contribution in [-0.4, -0.2) is 11.3 Å². The van der Waals surface area contributed by atoms with Gasteiger partial charge < -0.3 is 5.11 Å². The third-order valence-corrected chi connectivity index (χ3v) is 2.51. The Morgan fingerprint density at radius 1 is 0.947 bits per heavy atom. The molecule has 0 atom stereocenters. The van der Waals surface area contributed by atoms with E-state index in [1.807, 2.05) is 6.07 Å². The zero-order chi connectivity index (χ0) is 13.9. The Labute approximate surface area is 107 Å². The van der Waals surface area contributed by atoms with Gasteiger partial charge in [0.1, 0.15) is 0 Å². The molecule has 0 heterocycles. The van der Waals surface area contributed by atoms with Crippen LogP contribution in [0.3, 0.4) is 0 Å². The summed E-state index contributed by atoms with van der Waals surface area (Å²) in [6.45, 7) is 0. The molecule has 2 N–H and O–H groups in total. The standard InChI is InChI=1S/C14H10F3NO/c15-14(16,17)12-8-4-5-10(13(12)19)9-18-11-6-2-1-3-7-11/h1-9,19H/p+1. The number of aliphatic imine (C=N–C) groups is 1. The molecule has 2 aromatic rings. The first kappa shape index (κ1) is 13.1. The van der Waals surface area contributed by atoms with Crippen molar-refractivity contribution in [1.29, 1.82) is 0 Å². The lowest BCUT2D eigenvalue weighted by molar-refractivity contribution is -0.138. The van der Waals surface area contributed by atoms with Gasteiger partial charge in [-0.3, -0.25) is 4.99 Å². The Morgan fingerprint density at radius 2 is 1.63 bits per heavy atom. The molecule has 98 valence electrons. The van der Waals surface area contributed by atoms with Gasteiger partial charge in [-0.25, -0.2) is 0 Å². The van der Waals surface area contributed by atoms with Gasteiger partial charge in [-0.1, -0.05) is 24.3 Å². The lowest BCUT2D eigenvalue weighted by atomic mass is 10.1. The minimum atomic E-state index is -4.52. The summed E-state index contributed by atoms with van der Waals surface area (Å²) in [7, 11) is 0. The minimum absolute atomic E-state index is 0.138. The quantitative estimate of drug-likeness (QED) is 0.584. The molecule has 2 rings (SSSR count). The largest absolute Gasteiger partial charge is 0.592 e. The number of hydrogen-bond acceptors (Lipinski definition) is 1. The molecule has 0 fully saturated rings. The van der Waals surface area contributed by atoms with E-state index in [0.717, 1.165) is 6.07 Å². The van der Waals surface area contributed by atoms with Gasteiger partial charge in [0.2, 0.25) is 0 Å². The zero-order valence-corrected chi connectivity index (χ0v) is 9.78. The normalized spacial score (nSPS) is 11.9. The van der Waals surface area contributed by atoms with Gasteiger partial charge in [0.25, 0.3) is 5.75 Å². The SMILES string of the molecule is [OH2+]c1c(C=Nc2ccccc2)cccc1C(F)(F)F. The molecule has 2 nitrogen and oxygen atoms in total. The second-order valence-electron chi connectivity index (χ2n) is 3.86. The third kappa shape index (κ3) is 3.13. The summed E-state index contributed by atoms with van der Waals surface area (Å²) in [6.07, 6.45) is -3.25. The topological polar surface area (TPSA) is 35.3 Å². The number of hydrogen-bond donors (Lipinski definition) is 0. The lowest BCUT2D eigenvalue weighted by Crippen LogP contribution is -2.06. The highest BCUT2D eigenvalue weighted by Crippen LogP contribution is 2.36. The number of halogens is 3. The van der Waals surface area contributed by atoms with Crippen LogP contribution in [0.4, 0.5) is 18.9 Å². The van der Waals surface area contributed by atoms with Crippen LogP contribution < -0.4 is 0 Å². The lowest BCUT2D eigenvalue weighted by Gasteiger charge is -2.07. The summed E-state index contributed by atoms with van der Waals surface area (Å²) in [4.78, 5) is 4.05. The van der Waals surface area contributed by atoms with E-state index in [0.29, 0.717) is 5.69 Å². The van der Waals surface area contributed by atoms with Crippen LogP contribution in [0.2, 0.25) is 0 Å². The van der Waals surface area contributed by atoms with Crippen LogP contribution in [0, 0.1) is 0 Å². The van der Waals surface area contributed by atoms with Gasteiger partial charge >= 0.3 is 6.18 Å². The van der Waals surface area contributed by atoms with Crippen molar-refractivity contribution in [1.82, 2.24) is 0 Å². The van der Waals surface area contributed by atoms with Crippen LogP contribution in [0.15, 0.2) is 53.5 Å². The van der Waals surface area contributed by atoms with Crippen molar-refractivity contribution in [2.75, 3.05) is 0 Å². The number of alkyl halides is 3. The van der Waals surface area contributed by atoms with Crippen molar-refractivity contribution in [2.24, 2.45) is 4.99 Å². The summed E-state index contributed by atoms with van der Waals surface area (Å²) < 4.78 is 37.9. The molecule has 0 aliphatic carbocycles. The first-order valence-electron chi connectivity index (χ1n) is 5.49. The average molecular weight is 266 g/mol. The number of para-hydroxylation sites is 2. The van der Waals surface area contributed by atoms with Crippen LogP contribution in [-0.2, 0) is 6.18 Å². The maximum absolute atomic E-state index is 12.6. The molecular weight excluding hydrogens is 255 g/mol. The molecule has 0 unspecified atom stereocenters. The van der Waals surface area contributed by atoms with E-state index in [1.54, 1.807) is 24.3 Å². The van der Waals surface area contributed by atoms with E-state index in [9.17, 15) is 13.2 Å². The van der Waals surface area contributed by atoms with Gasteiger partial charge in [-0.05, 0) is 24.3 Å².